The van der Waals surface area contributed by atoms with Gasteiger partial charge in [-0.1, -0.05) is 44.2 Å². The number of hydroxylamine groups is 1. The number of carbonyl (C=O) groups excluding carboxylic acids is 3. The molecular weight excluding hydrogens is 376 g/mol. The number of esters is 1. The van der Waals surface area contributed by atoms with Gasteiger partial charge >= 0.3 is 5.97 Å². The lowest BCUT2D eigenvalue weighted by Gasteiger charge is -2.26. The highest BCUT2D eigenvalue weighted by Gasteiger charge is 2.36. The molecule has 1 unspecified atom stereocenters. The minimum Gasteiger partial charge on any atom is -0.461 e. The number of hydrogen-bond donors (Lipinski definition) is 4. The van der Waals surface area contributed by atoms with Crippen LogP contribution in [0, 0.1) is 11.8 Å². The van der Waals surface area contributed by atoms with Crippen LogP contribution >= 0.6 is 0 Å². The summed E-state index contributed by atoms with van der Waals surface area (Å²) in [6.45, 7) is 3.68. The van der Waals surface area contributed by atoms with Crippen LogP contribution < -0.4 is 10.8 Å². The van der Waals surface area contributed by atoms with Crippen molar-refractivity contribution in [3.63, 3.8) is 0 Å². The first-order valence-electron chi connectivity index (χ1n) is 10.0. The monoisotopic (exact) mass is 406 g/mol. The van der Waals surface area contributed by atoms with Crippen molar-refractivity contribution < 1.29 is 29.4 Å². The van der Waals surface area contributed by atoms with E-state index in [2.05, 4.69) is 5.32 Å². The van der Waals surface area contributed by atoms with E-state index in [0.29, 0.717) is 5.56 Å². The number of hydrogen-bond acceptors (Lipinski definition) is 6. The molecule has 0 radical (unpaired) electrons. The lowest BCUT2D eigenvalue weighted by molar-refractivity contribution is -0.154. The lowest BCUT2D eigenvalue weighted by atomic mass is 9.90. The molecule has 0 aromatic heterocycles. The van der Waals surface area contributed by atoms with Crippen LogP contribution in [0.2, 0.25) is 0 Å². The molecule has 1 aromatic rings. The normalized spacial score (nSPS) is 17.4. The molecule has 1 saturated carbocycles. The SMILES string of the molecule is CC(C)CC(C(=O)N[C@H](C(=O)OC1CCCC1)c1ccccc1)[C@H](O)C(=O)NO. The number of aliphatic hydroxyl groups is 1. The Morgan fingerprint density at radius 1 is 1.10 bits per heavy atom. The van der Waals surface area contributed by atoms with Gasteiger partial charge in [0.1, 0.15) is 12.2 Å². The van der Waals surface area contributed by atoms with Crippen molar-refractivity contribution in [2.24, 2.45) is 11.8 Å². The zero-order chi connectivity index (χ0) is 21.4. The fourth-order valence-electron chi connectivity index (χ4n) is 3.55. The Labute approximate surface area is 170 Å². The average molecular weight is 406 g/mol. The number of ether oxygens (including phenoxy) is 1. The molecule has 0 heterocycles. The number of benzene rings is 1. The summed E-state index contributed by atoms with van der Waals surface area (Å²) in [4.78, 5) is 37.4. The standard InChI is InChI=1S/C21H30N2O6/c1-13(2)12-16(18(24)20(26)23-28)19(25)22-17(14-8-4-3-5-9-14)21(27)29-15-10-6-7-11-15/h3-5,8-9,13,15-18,24,28H,6-7,10-12H2,1-2H3,(H,22,25)(H,23,26)/t16?,17-,18-/m0/s1. The quantitative estimate of drug-likeness (QED) is 0.282. The first-order chi connectivity index (χ1) is 13.8. The van der Waals surface area contributed by atoms with E-state index in [4.69, 9.17) is 9.94 Å². The van der Waals surface area contributed by atoms with Crippen LogP contribution in [-0.2, 0) is 19.1 Å². The molecular formula is C21H30N2O6. The maximum atomic E-state index is 12.9. The van der Waals surface area contributed by atoms with Crippen LogP contribution in [0.3, 0.4) is 0 Å². The smallest absolute Gasteiger partial charge is 0.333 e. The predicted molar refractivity (Wildman–Crippen MR) is 105 cm³/mol. The molecule has 29 heavy (non-hydrogen) atoms. The summed E-state index contributed by atoms with van der Waals surface area (Å²) in [5, 5.41) is 21.6. The van der Waals surface area contributed by atoms with Gasteiger partial charge in [-0.25, -0.2) is 10.3 Å². The third kappa shape index (κ3) is 6.54. The third-order valence-corrected chi connectivity index (χ3v) is 5.06. The van der Waals surface area contributed by atoms with Gasteiger partial charge in [-0.05, 0) is 43.6 Å². The molecule has 8 nitrogen and oxygen atoms in total. The van der Waals surface area contributed by atoms with E-state index in [1.165, 1.54) is 5.48 Å². The van der Waals surface area contributed by atoms with E-state index in [9.17, 15) is 19.5 Å². The topological polar surface area (TPSA) is 125 Å². The van der Waals surface area contributed by atoms with E-state index in [0.717, 1.165) is 25.7 Å². The summed E-state index contributed by atoms with van der Waals surface area (Å²) in [5.41, 5.74) is 1.92. The van der Waals surface area contributed by atoms with Crippen molar-refractivity contribution in [1.29, 1.82) is 0 Å². The Morgan fingerprint density at radius 3 is 2.28 bits per heavy atom. The number of carbonyl (C=O) groups is 3. The van der Waals surface area contributed by atoms with Crippen LogP contribution in [0.4, 0.5) is 0 Å². The Balaban J connectivity index is 2.21. The molecule has 3 atom stereocenters. The van der Waals surface area contributed by atoms with Crippen LogP contribution in [0.1, 0.15) is 57.6 Å². The van der Waals surface area contributed by atoms with Crippen LogP contribution in [0.25, 0.3) is 0 Å². The van der Waals surface area contributed by atoms with Crippen molar-refractivity contribution in [1.82, 2.24) is 10.8 Å². The van der Waals surface area contributed by atoms with Crippen LogP contribution in [0.15, 0.2) is 30.3 Å². The molecule has 8 heteroatoms. The largest absolute Gasteiger partial charge is 0.461 e. The minimum absolute atomic E-state index is 0.00694. The van der Waals surface area contributed by atoms with E-state index in [1.54, 1.807) is 30.3 Å². The molecule has 0 aliphatic heterocycles. The summed E-state index contributed by atoms with van der Waals surface area (Å²) in [7, 11) is 0. The van der Waals surface area contributed by atoms with E-state index >= 15 is 0 Å². The number of aliphatic hydroxyl groups excluding tert-OH is 1. The molecule has 1 aliphatic carbocycles. The Hall–Kier alpha value is -2.45. The average Bonchev–Trinajstić information content (AvgIpc) is 3.22. The summed E-state index contributed by atoms with van der Waals surface area (Å²) in [6.07, 6.45) is 1.88. The van der Waals surface area contributed by atoms with E-state index in [-0.39, 0.29) is 18.4 Å². The van der Waals surface area contributed by atoms with Crippen LogP contribution in [0.5, 0.6) is 0 Å². The first-order valence-corrected chi connectivity index (χ1v) is 10.0. The van der Waals surface area contributed by atoms with Crippen LogP contribution in [-0.4, -0.2) is 40.3 Å². The minimum atomic E-state index is -1.75. The van der Waals surface area contributed by atoms with E-state index < -0.39 is 35.8 Å². The zero-order valence-corrected chi connectivity index (χ0v) is 16.8. The maximum Gasteiger partial charge on any atom is 0.333 e. The van der Waals surface area contributed by atoms with E-state index in [1.807, 2.05) is 13.8 Å². The van der Waals surface area contributed by atoms with Crippen molar-refractivity contribution >= 4 is 17.8 Å². The highest BCUT2D eigenvalue weighted by molar-refractivity contribution is 5.91. The van der Waals surface area contributed by atoms with Gasteiger partial charge in [0.25, 0.3) is 5.91 Å². The molecule has 1 aliphatic rings. The molecule has 160 valence electrons. The first kappa shape index (κ1) is 22.8. The molecule has 4 N–H and O–H groups in total. The van der Waals surface area contributed by atoms with Gasteiger partial charge in [0.15, 0.2) is 6.04 Å². The van der Waals surface area contributed by atoms with Gasteiger partial charge in [-0.2, -0.15) is 0 Å². The van der Waals surface area contributed by atoms with Gasteiger partial charge in [0.2, 0.25) is 5.91 Å². The van der Waals surface area contributed by atoms with Gasteiger partial charge in [0, 0.05) is 0 Å². The Morgan fingerprint density at radius 2 is 1.72 bits per heavy atom. The van der Waals surface area contributed by atoms with Crippen molar-refractivity contribution in [2.45, 2.75) is 64.2 Å². The molecule has 2 amide bonds. The summed E-state index contributed by atoms with van der Waals surface area (Å²) >= 11 is 0. The van der Waals surface area contributed by atoms with Gasteiger partial charge in [-0.15, -0.1) is 0 Å². The van der Waals surface area contributed by atoms with Crippen molar-refractivity contribution in [3.8, 4) is 0 Å². The number of rotatable bonds is 9. The second-order valence-electron chi connectivity index (χ2n) is 7.85. The summed E-state index contributed by atoms with van der Waals surface area (Å²) in [6, 6.07) is 7.64. The zero-order valence-electron chi connectivity index (χ0n) is 16.8. The number of amides is 2. The maximum absolute atomic E-state index is 12.9. The van der Waals surface area contributed by atoms with Gasteiger partial charge in [-0.3, -0.25) is 14.8 Å². The fourth-order valence-corrected chi connectivity index (χ4v) is 3.55. The summed E-state index contributed by atoms with van der Waals surface area (Å²) < 4.78 is 5.58. The molecule has 0 saturated heterocycles. The lowest BCUT2D eigenvalue weighted by Crippen LogP contribution is -2.47. The van der Waals surface area contributed by atoms with Crippen molar-refractivity contribution in [3.05, 3.63) is 35.9 Å². The Bertz CT molecular complexity index is 688. The predicted octanol–water partition coefficient (Wildman–Crippen LogP) is 1.86. The molecule has 1 aromatic carbocycles. The fraction of sp³-hybridized carbons (Fsp3) is 0.571. The third-order valence-electron chi connectivity index (χ3n) is 5.06. The second kappa shape index (κ2) is 10.9. The second-order valence-corrected chi connectivity index (χ2v) is 7.85. The molecule has 2 rings (SSSR count). The summed E-state index contributed by atoms with van der Waals surface area (Å²) in [5.74, 6) is -3.44. The molecule has 1 fully saturated rings. The molecule has 0 spiro atoms. The highest BCUT2D eigenvalue weighted by atomic mass is 16.5. The highest BCUT2D eigenvalue weighted by Crippen LogP contribution is 2.25. The van der Waals surface area contributed by atoms with Crippen molar-refractivity contribution in [2.75, 3.05) is 0 Å². The Kier molecular flexibility index (Phi) is 8.60. The van der Waals surface area contributed by atoms with Gasteiger partial charge in [0.05, 0.1) is 5.92 Å². The molecule has 0 bridgehead atoms. The van der Waals surface area contributed by atoms with Gasteiger partial charge < -0.3 is 15.2 Å². The number of nitrogens with one attached hydrogen (secondary N) is 2.